The van der Waals surface area contributed by atoms with Gasteiger partial charge in [-0.25, -0.2) is 4.39 Å². The summed E-state index contributed by atoms with van der Waals surface area (Å²) < 4.78 is 13.0. The van der Waals surface area contributed by atoms with Gasteiger partial charge in [-0.2, -0.15) is 0 Å². The van der Waals surface area contributed by atoms with E-state index in [0.717, 1.165) is 25.0 Å². The number of hydrogen-bond donors (Lipinski definition) is 3. The van der Waals surface area contributed by atoms with Crippen molar-refractivity contribution in [1.29, 1.82) is 0 Å². The summed E-state index contributed by atoms with van der Waals surface area (Å²) in [5, 5.41) is 6.74. The number of amides is 2. The van der Waals surface area contributed by atoms with Crippen LogP contribution in [0.2, 0.25) is 0 Å². The second kappa shape index (κ2) is 12.9. The first-order valence-electron chi connectivity index (χ1n) is 11.6. The summed E-state index contributed by atoms with van der Waals surface area (Å²) in [5.41, 5.74) is 6.14. The monoisotopic (exact) mass is 450 g/mol. The van der Waals surface area contributed by atoms with Gasteiger partial charge in [0, 0.05) is 42.8 Å². The predicted octanol–water partition coefficient (Wildman–Crippen LogP) is 4.07. The summed E-state index contributed by atoms with van der Waals surface area (Å²) in [7, 11) is 0. The maximum atomic E-state index is 13.0. The second-order valence-corrected chi connectivity index (χ2v) is 10.6. The molecule has 6 nitrogen and oxygen atoms in total. The van der Waals surface area contributed by atoms with Gasteiger partial charge in [0.05, 0.1) is 6.54 Å². The van der Waals surface area contributed by atoms with E-state index in [1.54, 1.807) is 6.92 Å². The highest BCUT2D eigenvalue weighted by molar-refractivity contribution is 5.99. The molecule has 1 saturated carbocycles. The first-order chi connectivity index (χ1) is 14.8. The van der Waals surface area contributed by atoms with Crippen molar-refractivity contribution in [2.24, 2.45) is 28.0 Å². The van der Waals surface area contributed by atoms with Gasteiger partial charge in [-0.15, -0.1) is 0 Å². The van der Waals surface area contributed by atoms with Crippen molar-refractivity contribution in [2.45, 2.75) is 85.7 Å². The number of allylic oxidation sites excluding steroid dienone is 2. The molecule has 0 spiro atoms. The third-order valence-corrected chi connectivity index (χ3v) is 5.58. The Morgan fingerprint density at radius 3 is 2.41 bits per heavy atom. The maximum absolute atomic E-state index is 13.0. The van der Waals surface area contributed by atoms with Crippen molar-refractivity contribution in [3.8, 4) is 0 Å². The molecule has 1 aliphatic rings. The second-order valence-electron chi connectivity index (χ2n) is 10.6. The predicted molar refractivity (Wildman–Crippen MR) is 130 cm³/mol. The SMILES string of the molecule is C=C(F)/C=C(\CC(C)=NCC(C)NCC(CC1CC1)C(C)NC(=O)CC(C)(C)C)C(N)=O. The Balaban J connectivity index is 2.58. The molecule has 3 atom stereocenters. The van der Waals surface area contributed by atoms with Crippen LogP contribution in [0.25, 0.3) is 0 Å². The quantitative estimate of drug-likeness (QED) is 0.211. The van der Waals surface area contributed by atoms with Gasteiger partial charge >= 0.3 is 0 Å². The Labute approximate surface area is 193 Å². The molecule has 0 bridgehead atoms. The number of nitrogens with zero attached hydrogens (tertiary/aromatic N) is 1. The van der Waals surface area contributed by atoms with Crippen molar-refractivity contribution >= 4 is 17.5 Å². The van der Waals surface area contributed by atoms with E-state index in [-0.39, 0.29) is 35.4 Å². The summed E-state index contributed by atoms with van der Waals surface area (Å²) >= 11 is 0. The van der Waals surface area contributed by atoms with Crippen LogP contribution in [0.15, 0.2) is 29.0 Å². The highest BCUT2D eigenvalue weighted by Gasteiger charge is 2.29. The van der Waals surface area contributed by atoms with Crippen LogP contribution in [-0.2, 0) is 9.59 Å². The van der Waals surface area contributed by atoms with Crippen LogP contribution in [0.1, 0.15) is 73.6 Å². The number of hydrogen-bond acceptors (Lipinski definition) is 4. The molecule has 0 aliphatic heterocycles. The zero-order chi connectivity index (χ0) is 24.5. The number of nitrogens with one attached hydrogen (secondary N) is 2. The van der Waals surface area contributed by atoms with E-state index in [1.807, 2.05) is 0 Å². The molecule has 0 aromatic carbocycles. The fourth-order valence-electron chi connectivity index (χ4n) is 3.59. The van der Waals surface area contributed by atoms with Crippen LogP contribution < -0.4 is 16.4 Å². The first kappa shape index (κ1) is 28.0. The number of carbonyl (C=O) groups is 2. The van der Waals surface area contributed by atoms with Crippen LogP contribution in [-0.4, -0.2) is 42.7 Å². The van der Waals surface area contributed by atoms with Crippen LogP contribution in [0.5, 0.6) is 0 Å². The maximum Gasteiger partial charge on any atom is 0.245 e. The van der Waals surface area contributed by atoms with E-state index in [1.165, 1.54) is 12.8 Å². The zero-order valence-corrected chi connectivity index (χ0v) is 20.8. The molecule has 0 heterocycles. The van der Waals surface area contributed by atoms with Crippen molar-refractivity contribution in [2.75, 3.05) is 13.1 Å². The van der Waals surface area contributed by atoms with E-state index >= 15 is 0 Å². The Morgan fingerprint density at radius 2 is 1.91 bits per heavy atom. The summed E-state index contributed by atoms with van der Waals surface area (Å²) in [6.07, 6.45) is 5.44. The van der Waals surface area contributed by atoms with Gasteiger partial charge in [-0.1, -0.05) is 40.2 Å². The van der Waals surface area contributed by atoms with E-state index in [4.69, 9.17) is 5.73 Å². The third kappa shape index (κ3) is 12.7. The Bertz CT molecular complexity index is 720. The Kier molecular flexibility index (Phi) is 11.3. The topological polar surface area (TPSA) is 96.6 Å². The highest BCUT2D eigenvalue weighted by Crippen LogP contribution is 2.36. The zero-order valence-electron chi connectivity index (χ0n) is 20.8. The Hall–Kier alpha value is -2.02. The number of nitrogens with two attached hydrogens (primary N) is 1. The molecule has 2 amide bonds. The molecule has 1 aliphatic carbocycles. The average Bonchev–Trinajstić information content (AvgIpc) is 3.44. The lowest BCUT2D eigenvalue weighted by molar-refractivity contribution is -0.123. The van der Waals surface area contributed by atoms with Gasteiger partial charge in [-0.05, 0) is 50.5 Å². The van der Waals surface area contributed by atoms with Crippen LogP contribution >= 0.6 is 0 Å². The average molecular weight is 451 g/mol. The van der Waals surface area contributed by atoms with Crippen LogP contribution in [0, 0.1) is 17.3 Å². The highest BCUT2D eigenvalue weighted by atomic mass is 19.1. The molecular formula is C25H43FN4O2. The van der Waals surface area contributed by atoms with Gasteiger partial charge in [0.1, 0.15) is 5.83 Å². The van der Waals surface area contributed by atoms with Crippen molar-refractivity contribution in [3.63, 3.8) is 0 Å². The van der Waals surface area contributed by atoms with Crippen molar-refractivity contribution in [3.05, 3.63) is 24.1 Å². The number of halogens is 1. The standard InChI is InChI=1S/C25H43FN4O2/c1-16(26)10-21(24(27)32)11-17(2)28-14-18(3)29-15-22(12-20-8-9-20)19(4)30-23(31)13-25(5,6)7/h10,18-20,22,29H,1,8-9,11-15H2,2-7H3,(H2,27,32)(H,30,31)/b21-10+,28-17?. The molecule has 0 aromatic heterocycles. The van der Waals surface area contributed by atoms with E-state index < -0.39 is 11.7 Å². The van der Waals surface area contributed by atoms with Crippen LogP contribution in [0.3, 0.4) is 0 Å². The molecule has 4 N–H and O–H groups in total. The van der Waals surface area contributed by atoms with E-state index in [2.05, 4.69) is 56.8 Å². The van der Waals surface area contributed by atoms with E-state index in [0.29, 0.717) is 24.6 Å². The van der Waals surface area contributed by atoms with Crippen LogP contribution in [0.4, 0.5) is 4.39 Å². The lowest BCUT2D eigenvalue weighted by Crippen LogP contribution is -2.45. The summed E-state index contributed by atoms with van der Waals surface area (Å²) in [4.78, 5) is 28.3. The summed E-state index contributed by atoms with van der Waals surface area (Å²) in [5.74, 6) is -0.141. The minimum Gasteiger partial charge on any atom is -0.366 e. The van der Waals surface area contributed by atoms with Gasteiger partial charge in [0.2, 0.25) is 11.8 Å². The first-order valence-corrected chi connectivity index (χ1v) is 11.6. The smallest absolute Gasteiger partial charge is 0.245 e. The van der Waals surface area contributed by atoms with Gasteiger partial charge in [0.25, 0.3) is 0 Å². The minimum atomic E-state index is -0.702. The molecular weight excluding hydrogens is 407 g/mol. The van der Waals surface area contributed by atoms with Crippen molar-refractivity contribution < 1.29 is 14.0 Å². The molecule has 0 saturated heterocycles. The Morgan fingerprint density at radius 1 is 1.28 bits per heavy atom. The normalized spacial score (nSPS) is 18.1. The summed E-state index contributed by atoms with van der Waals surface area (Å²) in [6.45, 7) is 16.6. The summed E-state index contributed by atoms with van der Waals surface area (Å²) in [6, 6.07) is 0.230. The number of carbonyl (C=O) groups excluding carboxylic acids is 2. The fraction of sp³-hybridized carbons (Fsp3) is 0.720. The van der Waals surface area contributed by atoms with Gasteiger partial charge in [-0.3, -0.25) is 14.6 Å². The lowest BCUT2D eigenvalue weighted by Gasteiger charge is -2.28. The molecule has 7 heteroatoms. The van der Waals surface area contributed by atoms with Crippen molar-refractivity contribution in [1.82, 2.24) is 10.6 Å². The largest absolute Gasteiger partial charge is 0.366 e. The molecule has 0 radical (unpaired) electrons. The third-order valence-electron chi connectivity index (χ3n) is 5.58. The molecule has 32 heavy (non-hydrogen) atoms. The molecule has 3 unspecified atom stereocenters. The molecule has 1 fully saturated rings. The molecule has 0 aromatic rings. The molecule has 182 valence electrons. The number of aliphatic imine (C=N–C) groups is 1. The van der Waals surface area contributed by atoms with Gasteiger partial charge < -0.3 is 16.4 Å². The number of primary amides is 1. The fourth-order valence-corrected chi connectivity index (χ4v) is 3.59. The molecule has 1 rings (SSSR count). The lowest BCUT2D eigenvalue weighted by atomic mass is 9.90. The van der Waals surface area contributed by atoms with Gasteiger partial charge in [0.15, 0.2) is 0 Å². The minimum absolute atomic E-state index is 0.0283. The number of rotatable bonds is 14. The van der Waals surface area contributed by atoms with E-state index in [9.17, 15) is 14.0 Å².